The van der Waals surface area contributed by atoms with E-state index < -0.39 is 21.8 Å². The molecule has 0 aliphatic heterocycles. The lowest BCUT2D eigenvalue weighted by atomic mass is 10.2. The number of rotatable bonds is 5. The van der Waals surface area contributed by atoms with Crippen LogP contribution in [-0.4, -0.2) is 31.6 Å². The van der Waals surface area contributed by atoms with Crippen LogP contribution >= 0.6 is 23.1 Å². The van der Waals surface area contributed by atoms with Gasteiger partial charge in [-0.25, -0.2) is 18.2 Å². The van der Waals surface area contributed by atoms with Crippen molar-refractivity contribution >= 4 is 60.2 Å². The lowest BCUT2D eigenvalue weighted by molar-refractivity contribution is 0.0964. The number of aromatic nitrogens is 1. The molecular weight excluding hydrogens is 466 g/mol. The molecule has 0 saturated carbocycles. The predicted molar refractivity (Wildman–Crippen MR) is 126 cm³/mol. The number of benzene rings is 3. The number of sulfone groups is 1. The van der Waals surface area contributed by atoms with E-state index in [1.807, 2.05) is 42.5 Å². The lowest BCUT2D eigenvalue weighted by Crippen LogP contribution is -2.34. The van der Waals surface area contributed by atoms with E-state index in [1.54, 1.807) is 18.2 Å². The first kappa shape index (κ1) is 22.0. The highest BCUT2D eigenvalue weighted by molar-refractivity contribution is 7.99. The van der Waals surface area contributed by atoms with E-state index in [9.17, 15) is 18.0 Å². The number of anilines is 1. The molecule has 3 aromatic carbocycles. The summed E-state index contributed by atoms with van der Waals surface area (Å²) in [6, 6.07) is 20.5. The third-order valence-corrected chi connectivity index (χ3v) is 7.47. The average Bonchev–Trinajstić information content (AvgIpc) is 3.15. The maximum absolute atomic E-state index is 12.7. The Morgan fingerprint density at radius 3 is 2.44 bits per heavy atom. The molecule has 1 aromatic heterocycles. The summed E-state index contributed by atoms with van der Waals surface area (Å²) >= 11 is 2.55. The number of fused-ring (bicyclic) bond motifs is 1. The molecule has 162 valence electrons. The highest BCUT2D eigenvalue weighted by atomic mass is 32.2. The molecule has 10 heteroatoms. The second-order valence-electron chi connectivity index (χ2n) is 6.74. The minimum Gasteiger partial charge on any atom is -0.283 e. The first-order chi connectivity index (χ1) is 15.3. The summed E-state index contributed by atoms with van der Waals surface area (Å²) in [5, 5.41) is 5.11. The van der Waals surface area contributed by atoms with Gasteiger partial charge in [0.1, 0.15) is 0 Å². The summed E-state index contributed by atoms with van der Waals surface area (Å²) < 4.78 is 24.1. The van der Waals surface area contributed by atoms with Gasteiger partial charge in [0.15, 0.2) is 15.0 Å². The van der Waals surface area contributed by atoms with E-state index in [-0.39, 0.29) is 10.0 Å². The van der Waals surface area contributed by atoms with E-state index in [2.05, 4.69) is 15.6 Å². The van der Waals surface area contributed by atoms with Gasteiger partial charge in [-0.15, -0.1) is 0 Å². The molecule has 0 aliphatic carbocycles. The number of nitrogens with zero attached hydrogens (tertiary/aromatic N) is 1. The molecule has 0 bridgehead atoms. The number of hydrogen-bond acceptors (Lipinski definition) is 7. The molecule has 0 radical (unpaired) electrons. The smallest absolute Gasteiger partial charge is 0.283 e. The van der Waals surface area contributed by atoms with Crippen molar-refractivity contribution in [1.82, 2.24) is 10.3 Å². The molecule has 0 spiro atoms. The fourth-order valence-corrected chi connectivity index (χ4v) is 5.43. The van der Waals surface area contributed by atoms with Crippen LogP contribution in [0.2, 0.25) is 0 Å². The van der Waals surface area contributed by atoms with Gasteiger partial charge in [0, 0.05) is 16.0 Å². The van der Waals surface area contributed by atoms with Gasteiger partial charge in [-0.3, -0.25) is 15.4 Å². The molecule has 7 nitrogen and oxygen atoms in total. The summed E-state index contributed by atoms with van der Waals surface area (Å²) in [7, 11) is -3.35. The van der Waals surface area contributed by atoms with Crippen molar-refractivity contribution in [2.24, 2.45) is 0 Å². The van der Waals surface area contributed by atoms with Crippen LogP contribution in [0.1, 0.15) is 10.4 Å². The van der Waals surface area contributed by atoms with Crippen LogP contribution in [0.3, 0.4) is 0 Å². The first-order valence-electron chi connectivity index (χ1n) is 9.34. The van der Waals surface area contributed by atoms with Gasteiger partial charge >= 0.3 is 6.03 Å². The monoisotopic (exact) mass is 483 g/mol. The van der Waals surface area contributed by atoms with Crippen molar-refractivity contribution in [2.75, 3.05) is 11.6 Å². The fourth-order valence-electron chi connectivity index (χ4n) is 2.85. The van der Waals surface area contributed by atoms with Crippen molar-refractivity contribution in [2.45, 2.75) is 14.7 Å². The maximum atomic E-state index is 12.7. The van der Waals surface area contributed by atoms with Crippen LogP contribution < -0.4 is 10.6 Å². The lowest BCUT2D eigenvalue weighted by Gasteiger charge is -2.09. The standard InChI is InChI=1S/C22H17N3O4S3/c1-32(28,29)15-11-12-17-19(13-15)31-22(23-17)25-21(27)24-20(26)16-9-5-6-10-18(16)30-14-7-3-2-4-8-14/h2-13H,1H3,(H2,23,24,25,26,27). The summed E-state index contributed by atoms with van der Waals surface area (Å²) in [6.45, 7) is 0. The van der Waals surface area contributed by atoms with Gasteiger partial charge in [-0.2, -0.15) is 0 Å². The molecule has 1 heterocycles. The molecule has 4 rings (SSSR count). The molecule has 0 fully saturated rings. The zero-order chi connectivity index (χ0) is 22.7. The number of thiazole rings is 1. The van der Waals surface area contributed by atoms with E-state index in [0.717, 1.165) is 27.4 Å². The SMILES string of the molecule is CS(=O)(=O)c1ccc2nc(NC(=O)NC(=O)c3ccccc3Sc3ccccc3)sc2c1. The van der Waals surface area contributed by atoms with Crippen molar-refractivity contribution in [3.05, 3.63) is 78.4 Å². The highest BCUT2D eigenvalue weighted by Crippen LogP contribution is 2.30. The van der Waals surface area contributed by atoms with Gasteiger partial charge in [0.05, 0.1) is 20.7 Å². The molecule has 0 unspecified atom stereocenters. The van der Waals surface area contributed by atoms with Crippen LogP contribution in [0, 0.1) is 0 Å². The van der Waals surface area contributed by atoms with Crippen LogP contribution in [0.5, 0.6) is 0 Å². The Hall–Kier alpha value is -3.21. The van der Waals surface area contributed by atoms with E-state index >= 15 is 0 Å². The molecule has 2 N–H and O–H groups in total. The Balaban J connectivity index is 1.47. The quantitative estimate of drug-likeness (QED) is 0.422. The second kappa shape index (κ2) is 9.11. The third-order valence-electron chi connectivity index (χ3n) is 4.34. The fraction of sp³-hybridized carbons (Fsp3) is 0.0455. The van der Waals surface area contributed by atoms with Gasteiger partial charge in [0.25, 0.3) is 5.91 Å². The molecule has 0 atom stereocenters. The van der Waals surface area contributed by atoms with Crippen molar-refractivity contribution in [3.8, 4) is 0 Å². The summed E-state index contributed by atoms with van der Waals surface area (Å²) in [5.41, 5.74) is 0.923. The molecule has 0 saturated heterocycles. The van der Waals surface area contributed by atoms with Crippen LogP contribution in [-0.2, 0) is 9.84 Å². The predicted octanol–water partition coefficient (Wildman–Crippen LogP) is 4.81. The second-order valence-corrected chi connectivity index (χ2v) is 10.9. The van der Waals surface area contributed by atoms with Crippen LogP contribution in [0.15, 0.2) is 87.5 Å². The van der Waals surface area contributed by atoms with Gasteiger partial charge in [-0.05, 0) is 42.5 Å². The minimum atomic E-state index is -3.35. The zero-order valence-corrected chi connectivity index (χ0v) is 19.2. The third kappa shape index (κ3) is 5.16. The molecule has 32 heavy (non-hydrogen) atoms. The number of imide groups is 1. The topological polar surface area (TPSA) is 105 Å². The summed E-state index contributed by atoms with van der Waals surface area (Å²) in [4.78, 5) is 31.2. The molecule has 4 aromatic rings. The van der Waals surface area contributed by atoms with E-state index in [4.69, 9.17) is 0 Å². The van der Waals surface area contributed by atoms with Gasteiger partial charge < -0.3 is 0 Å². The van der Waals surface area contributed by atoms with Crippen molar-refractivity contribution in [3.63, 3.8) is 0 Å². The molecule has 3 amide bonds. The number of urea groups is 1. The van der Waals surface area contributed by atoms with Gasteiger partial charge in [-0.1, -0.05) is 53.4 Å². The van der Waals surface area contributed by atoms with Gasteiger partial charge in [0.2, 0.25) is 0 Å². The normalized spacial score (nSPS) is 11.3. The Morgan fingerprint density at radius 1 is 0.969 bits per heavy atom. The molecule has 0 aliphatic rings. The Morgan fingerprint density at radius 2 is 1.69 bits per heavy atom. The average molecular weight is 484 g/mol. The molecular formula is C22H17N3O4S3. The number of nitrogens with one attached hydrogen (secondary N) is 2. The van der Waals surface area contributed by atoms with Crippen molar-refractivity contribution in [1.29, 1.82) is 0 Å². The maximum Gasteiger partial charge on any atom is 0.327 e. The Labute approximate surface area is 192 Å². The summed E-state index contributed by atoms with van der Waals surface area (Å²) in [6.07, 6.45) is 1.13. The van der Waals surface area contributed by atoms with Crippen LogP contribution in [0.25, 0.3) is 10.2 Å². The summed E-state index contributed by atoms with van der Waals surface area (Å²) in [5.74, 6) is -0.540. The Bertz CT molecular complexity index is 1420. The van der Waals surface area contributed by atoms with E-state index in [0.29, 0.717) is 15.8 Å². The number of hydrogen-bond donors (Lipinski definition) is 2. The Kier molecular flexibility index (Phi) is 6.26. The number of carbonyl (C=O) groups excluding carboxylic acids is 2. The first-order valence-corrected chi connectivity index (χ1v) is 12.9. The highest BCUT2D eigenvalue weighted by Gasteiger charge is 2.17. The van der Waals surface area contributed by atoms with Crippen molar-refractivity contribution < 1.29 is 18.0 Å². The van der Waals surface area contributed by atoms with E-state index in [1.165, 1.54) is 23.9 Å². The van der Waals surface area contributed by atoms with Crippen LogP contribution in [0.4, 0.5) is 9.93 Å². The zero-order valence-electron chi connectivity index (χ0n) is 16.7. The number of amides is 3. The number of carbonyl (C=O) groups is 2. The largest absolute Gasteiger partial charge is 0.327 e. The minimum absolute atomic E-state index is 0.173.